The van der Waals surface area contributed by atoms with E-state index in [9.17, 15) is 14.7 Å². The molecule has 1 amide bonds. The number of anilines is 1. The maximum Gasteiger partial charge on any atom is 0.417 e. The molecule has 2 rings (SSSR count). The van der Waals surface area contributed by atoms with Crippen molar-refractivity contribution in [2.24, 2.45) is 10.9 Å². The van der Waals surface area contributed by atoms with Crippen LogP contribution in [0.5, 0.6) is 0 Å². The molecule has 0 radical (unpaired) electrons. The topological polar surface area (TPSA) is 123 Å². The number of fused-ring (bicyclic) bond motifs is 1. The van der Waals surface area contributed by atoms with Crippen LogP contribution in [0.3, 0.4) is 0 Å². The molecule has 10 nitrogen and oxygen atoms in total. The monoisotopic (exact) mass is 446 g/mol. The molecule has 2 aromatic rings. The molecule has 0 atom stereocenters. The number of carboxylic acids is 1. The Morgan fingerprint density at radius 2 is 2.00 bits per heavy atom. The molecular weight excluding hydrogens is 412 g/mol. The molecule has 10 heteroatoms. The summed E-state index contributed by atoms with van der Waals surface area (Å²) < 4.78 is 6.98. The summed E-state index contributed by atoms with van der Waals surface area (Å²) >= 11 is 0. The Hall–Kier alpha value is -3.04. The minimum atomic E-state index is -1.03. The normalized spacial score (nSPS) is 12.1. The zero-order valence-corrected chi connectivity index (χ0v) is 19.8. The maximum absolute atomic E-state index is 13.0. The van der Waals surface area contributed by atoms with Gasteiger partial charge in [0.15, 0.2) is 17.0 Å². The summed E-state index contributed by atoms with van der Waals surface area (Å²) in [7, 11) is 0. The second-order valence-electron chi connectivity index (χ2n) is 9.07. The van der Waals surface area contributed by atoms with Gasteiger partial charge in [0.2, 0.25) is 5.95 Å². The lowest BCUT2D eigenvalue weighted by Gasteiger charge is -2.26. The fraction of sp³-hybridized carbons (Fsp3) is 0.636. The number of imidazole rings is 1. The van der Waals surface area contributed by atoms with Crippen LogP contribution < -0.4 is 4.90 Å². The Morgan fingerprint density at radius 1 is 1.28 bits per heavy atom. The summed E-state index contributed by atoms with van der Waals surface area (Å²) in [4.78, 5) is 43.4. The lowest BCUT2D eigenvalue weighted by atomic mass is 10.2. The van der Waals surface area contributed by atoms with Crippen LogP contribution in [0.15, 0.2) is 11.3 Å². The average molecular weight is 447 g/mol. The van der Waals surface area contributed by atoms with Gasteiger partial charge in [0.1, 0.15) is 12.1 Å². The summed E-state index contributed by atoms with van der Waals surface area (Å²) in [6.07, 6.45) is 5.99. The first kappa shape index (κ1) is 25.2. The van der Waals surface area contributed by atoms with Gasteiger partial charge in [-0.05, 0) is 39.5 Å². The van der Waals surface area contributed by atoms with E-state index in [0.717, 1.165) is 25.7 Å². The largest absolute Gasteiger partial charge is 0.480 e. The van der Waals surface area contributed by atoms with Crippen LogP contribution in [0.4, 0.5) is 16.6 Å². The van der Waals surface area contributed by atoms with E-state index in [-0.39, 0.29) is 12.5 Å². The molecule has 1 N–H and O–H groups in total. The van der Waals surface area contributed by atoms with E-state index in [0.29, 0.717) is 29.4 Å². The van der Waals surface area contributed by atoms with E-state index < -0.39 is 17.7 Å². The lowest BCUT2D eigenvalue weighted by Crippen LogP contribution is -2.38. The quantitative estimate of drug-likeness (QED) is 0.418. The van der Waals surface area contributed by atoms with Crippen molar-refractivity contribution in [3.8, 4) is 0 Å². The Labute approximate surface area is 188 Å². The number of aliphatic imine (C=N–C) groups is 1. The minimum absolute atomic E-state index is 0.117. The summed E-state index contributed by atoms with van der Waals surface area (Å²) in [6.45, 7) is 11.7. The summed E-state index contributed by atoms with van der Waals surface area (Å²) in [5, 5.41) is 9.25. The molecule has 0 saturated heterocycles. The first-order valence-corrected chi connectivity index (χ1v) is 11.0. The van der Waals surface area contributed by atoms with E-state index in [1.165, 1.54) is 15.8 Å². The van der Waals surface area contributed by atoms with E-state index in [1.54, 1.807) is 27.0 Å². The van der Waals surface area contributed by atoms with Crippen LogP contribution in [0.2, 0.25) is 0 Å². The first-order chi connectivity index (χ1) is 15.0. The summed E-state index contributed by atoms with van der Waals surface area (Å²) in [6, 6.07) is 0. The predicted molar refractivity (Wildman–Crippen MR) is 124 cm³/mol. The second kappa shape index (κ2) is 11.0. The zero-order chi connectivity index (χ0) is 23.9. The Kier molecular flexibility index (Phi) is 8.68. The average Bonchev–Trinajstić information content (AvgIpc) is 3.05. The number of carboxylic acid groups (broad SMARTS) is 1. The molecule has 0 saturated carbocycles. The van der Waals surface area contributed by atoms with Crippen molar-refractivity contribution < 1.29 is 19.4 Å². The van der Waals surface area contributed by atoms with Gasteiger partial charge in [0, 0.05) is 12.8 Å². The van der Waals surface area contributed by atoms with Crippen LogP contribution >= 0.6 is 0 Å². The van der Waals surface area contributed by atoms with E-state index >= 15 is 0 Å². The highest BCUT2D eigenvalue weighted by Crippen LogP contribution is 2.26. The third-order valence-electron chi connectivity index (χ3n) is 4.37. The molecule has 0 aromatic carbocycles. The number of rotatable bonds is 10. The van der Waals surface area contributed by atoms with Gasteiger partial charge >= 0.3 is 12.1 Å². The van der Waals surface area contributed by atoms with Crippen molar-refractivity contribution >= 4 is 41.2 Å². The van der Waals surface area contributed by atoms with Gasteiger partial charge in [-0.25, -0.2) is 19.7 Å². The van der Waals surface area contributed by atoms with E-state index in [4.69, 9.17) is 4.74 Å². The standard InChI is InChI=1S/C22H34N6O4/c1-7-8-9-12-28(21(31)32-22(4,5)6)20-25-18(23-11-10-15(2)3)17-19(26-20)27(14-24-17)13-16(29)30/h11,14-15H,7-10,12-13H2,1-6H3,(H,29,30)/b23-11-. The number of hydrogen-bond acceptors (Lipinski definition) is 7. The predicted octanol–water partition coefficient (Wildman–Crippen LogP) is 4.59. The smallest absolute Gasteiger partial charge is 0.417 e. The van der Waals surface area contributed by atoms with E-state index in [1.807, 2.05) is 0 Å². The Bertz CT molecular complexity index is 961. The van der Waals surface area contributed by atoms with E-state index in [2.05, 4.69) is 40.7 Å². The van der Waals surface area contributed by atoms with Crippen LogP contribution in [-0.2, 0) is 16.1 Å². The van der Waals surface area contributed by atoms with Crippen LogP contribution in [0.25, 0.3) is 11.2 Å². The SMILES string of the molecule is CCCCCN(C(=O)OC(C)(C)C)c1nc(/N=C\CC(C)C)c2ncn(CC(=O)O)c2n1. The van der Waals surface area contributed by atoms with Crippen LogP contribution in [0.1, 0.15) is 67.2 Å². The molecule has 0 spiro atoms. The minimum Gasteiger partial charge on any atom is -0.480 e. The van der Waals surface area contributed by atoms with Crippen molar-refractivity contribution in [3.05, 3.63) is 6.33 Å². The first-order valence-electron chi connectivity index (χ1n) is 11.0. The fourth-order valence-electron chi connectivity index (χ4n) is 2.85. The highest BCUT2D eigenvalue weighted by molar-refractivity contribution is 5.90. The molecule has 32 heavy (non-hydrogen) atoms. The Balaban J connectivity index is 2.58. The highest BCUT2D eigenvalue weighted by atomic mass is 16.6. The van der Waals surface area contributed by atoms with Crippen molar-refractivity contribution in [1.29, 1.82) is 0 Å². The van der Waals surface area contributed by atoms with Gasteiger partial charge in [-0.15, -0.1) is 0 Å². The zero-order valence-electron chi connectivity index (χ0n) is 19.8. The number of unbranched alkanes of at least 4 members (excludes halogenated alkanes) is 2. The number of ether oxygens (including phenoxy) is 1. The third-order valence-corrected chi connectivity index (χ3v) is 4.37. The molecule has 176 valence electrons. The van der Waals surface area contributed by atoms with Gasteiger partial charge in [-0.1, -0.05) is 33.6 Å². The number of aromatic nitrogens is 4. The molecule has 0 bridgehead atoms. The van der Waals surface area contributed by atoms with Gasteiger partial charge in [-0.3, -0.25) is 4.79 Å². The lowest BCUT2D eigenvalue weighted by molar-refractivity contribution is -0.137. The molecule has 0 aliphatic heterocycles. The second-order valence-corrected chi connectivity index (χ2v) is 9.07. The third kappa shape index (κ3) is 7.28. The number of aliphatic carboxylic acids is 1. The van der Waals surface area contributed by atoms with Crippen molar-refractivity contribution in [2.75, 3.05) is 11.4 Å². The number of nitrogens with zero attached hydrogens (tertiary/aromatic N) is 6. The summed E-state index contributed by atoms with van der Waals surface area (Å²) in [5.74, 6) is -0.209. The fourth-order valence-corrected chi connectivity index (χ4v) is 2.85. The van der Waals surface area contributed by atoms with Crippen molar-refractivity contribution in [3.63, 3.8) is 0 Å². The maximum atomic E-state index is 13.0. The number of amides is 1. The van der Waals surface area contributed by atoms with Gasteiger partial charge < -0.3 is 14.4 Å². The summed E-state index contributed by atoms with van der Waals surface area (Å²) in [5.41, 5.74) is -0.00101. The van der Waals surface area contributed by atoms with Crippen molar-refractivity contribution in [2.45, 2.75) is 79.4 Å². The molecule has 0 aliphatic rings. The molecule has 2 heterocycles. The molecule has 0 fully saturated rings. The van der Waals surface area contributed by atoms with Crippen LogP contribution in [-0.4, -0.2) is 55.0 Å². The number of hydrogen-bond donors (Lipinski definition) is 1. The Morgan fingerprint density at radius 3 is 2.59 bits per heavy atom. The van der Waals surface area contributed by atoms with Crippen LogP contribution in [0, 0.1) is 5.92 Å². The number of carbonyl (C=O) groups is 2. The highest BCUT2D eigenvalue weighted by Gasteiger charge is 2.27. The molecular formula is C22H34N6O4. The van der Waals surface area contributed by atoms with Gasteiger partial charge in [0.25, 0.3) is 0 Å². The molecule has 2 aromatic heterocycles. The van der Waals surface area contributed by atoms with Gasteiger partial charge in [-0.2, -0.15) is 9.97 Å². The molecule has 0 unspecified atom stereocenters. The molecule has 0 aliphatic carbocycles. The van der Waals surface area contributed by atoms with Crippen molar-refractivity contribution in [1.82, 2.24) is 19.5 Å². The number of carbonyl (C=O) groups excluding carboxylic acids is 1. The van der Waals surface area contributed by atoms with Gasteiger partial charge in [0.05, 0.1) is 6.33 Å².